The second-order valence-corrected chi connectivity index (χ2v) is 5.06. The molecule has 0 unspecified atom stereocenters. The first-order valence-electron chi connectivity index (χ1n) is 6.33. The highest BCUT2D eigenvalue weighted by atomic mass is 16.4. The van der Waals surface area contributed by atoms with Crippen LogP contribution in [0.2, 0.25) is 0 Å². The van der Waals surface area contributed by atoms with E-state index in [2.05, 4.69) is 4.98 Å². The molecule has 1 fully saturated rings. The van der Waals surface area contributed by atoms with Crippen LogP contribution in [0.15, 0.2) is 4.42 Å². The molecule has 2 rings (SSSR count). The molecule has 94 valence electrons. The van der Waals surface area contributed by atoms with Gasteiger partial charge in [-0.2, -0.15) is 0 Å². The summed E-state index contributed by atoms with van der Waals surface area (Å²) in [5.74, 6) is 0.0474. The molecule has 4 nitrogen and oxygen atoms in total. The maximum Gasteiger partial charge on any atom is 0.373 e. The summed E-state index contributed by atoms with van der Waals surface area (Å²) in [4.78, 5) is 15.5. The predicted octanol–water partition coefficient (Wildman–Crippen LogP) is 3.54. The molecule has 0 spiro atoms. The van der Waals surface area contributed by atoms with Gasteiger partial charge in [0.25, 0.3) is 0 Å². The molecule has 1 aromatic rings. The Morgan fingerprint density at radius 2 is 2.00 bits per heavy atom. The van der Waals surface area contributed by atoms with E-state index in [1.54, 1.807) is 0 Å². The number of aromatic nitrogens is 1. The van der Waals surface area contributed by atoms with Crippen LogP contribution in [0.1, 0.15) is 79.9 Å². The van der Waals surface area contributed by atoms with Crippen molar-refractivity contribution in [2.24, 2.45) is 0 Å². The van der Waals surface area contributed by atoms with Crippen LogP contribution in [0.3, 0.4) is 0 Å². The van der Waals surface area contributed by atoms with Gasteiger partial charge in [0, 0.05) is 5.92 Å². The van der Waals surface area contributed by atoms with E-state index in [1.807, 2.05) is 13.8 Å². The van der Waals surface area contributed by atoms with Crippen LogP contribution in [-0.2, 0) is 0 Å². The third-order valence-electron chi connectivity index (χ3n) is 3.37. The molecule has 1 aromatic heterocycles. The number of nitrogens with zero attached hydrogens (tertiary/aromatic N) is 1. The van der Waals surface area contributed by atoms with Gasteiger partial charge in [-0.25, -0.2) is 9.78 Å². The summed E-state index contributed by atoms with van der Waals surface area (Å²) in [6.45, 7) is 3.88. The fourth-order valence-corrected chi connectivity index (χ4v) is 2.42. The first-order valence-corrected chi connectivity index (χ1v) is 6.33. The minimum Gasteiger partial charge on any atom is -0.475 e. The summed E-state index contributed by atoms with van der Waals surface area (Å²) in [6, 6.07) is 0. The summed E-state index contributed by atoms with van der Waals surface area (Å²) in [5, 5.41) is 9.09. The van der Waals surface area contributed by atoms with E-state index < -0.39 is 5.97 Å². The highest BCUT2D eigenvalue weighted by Gasteiger charge is 2.26. The quantitative estimate of drug-likeness (QED) is 0.873. The van der Waals surface area contributed by atoms with E-state index in [0.29, 0.717) is 17.5 Å². The van der Waals surface area contributed by atoms with Gasteiger partial charge in [0.15, 0.2) is 5.89 Å². The maximum absolute atomic E-state index is 11.1. The molecule has 0 aliphatic heterocycles. The third-order valence-corrected chi connectivity index (χ3v) is 3.37. The highest BCUT2D eigenvalue weighted by Crippen LogP contribution is 2.34. The molecule has 1 heterocycles. The average Bonchev–Trinajstić information content (AvgIpc) is 2.75. The molecular weight excluding hydrogens is 218 g/mol. The first-order chi connectivity index (χ1) is 8.09. The number of rotatable bonds is 3. The fraction of sp³-hybridized carbons (Fsp3) is 0.692. The third kappa shape index (κ3) is 2.51. The monoisotopic (exact) mass is 237 g/mol. The molecule has 0 aromatic carbocycles. The van der Waals surface area contributed by atoms with Gasteiger partial charge < -0.3 is 9.52 Å². The van der Waals surface area contributed by atoms with Crippen molar-refractivity contribution >= 4 is 5.97 Å². The van der Waals surface area contributed by atoms with Crippen molar-refractivity contribution in [1.29, 1.82) is 0 Å². The number of carboxylic acids is 1. The van der Waals surface area contributed by atoms with E-state index in [1.165, 1.54) is 19.3 Å². The van der Waals surface area contributed by atoms with Gasteiger partial charge in [-0.15, -0.1) is 0 Å². The molecule has 0 bridgehead atoms. The summed E-state index contributed by atoms with van der Waals surface area (Å²) in [5.41, 5.74) is 0.582. The Morgan fingerprint density at radius 3 is 2.47 bits per heavy atom. The lowest BCUT2D eigenvalue weighted by molar-refractivity contribution is 0.0657. The second kappa shape index (κ2) is 4.90. The lowest BCUT2D eigenvalue weighted by Crippen LogP contribution is -2.05. The first kappa shape index (κ1) is 12.1. The molecule has 1 aliphatic carbocycles. The predicted molar refractivity (Wildman–Crippen MR) is 63.4 cm³/mol. The Bertz CT molecular complexity index is 403. The summed E-state index contributed by atoms with van der Waals surface area (Å²) in [7, 11) is 0. The minimum absolute atomic E-state index is 0.0283. The Kier molecular flexibility index (Phi) is 3.50. The number of carboxylic acid groups (broad SMARTS) is 1. The van der Waals surface area contributed by atoms with Crippen molar-refractivity contribution in [3.8, 4) is 0 Å². The lowest BCUT2D eigenvalue weighted by atomic mass is 9.89. The molecule has 0 saturated heterocycles. The fourth-order valence-electron chi connectivity index (χ4n) is 2.42. The molecule has 0 radical (unpaired) electrons. The van der Waals surface area contributed by atoms with Crippen molar-refractivity contribution in [2.75, 3.05) is 0 Å². The maximum atomic E-state index is 11.1. The van der Waals surface area contributed by atoms with Crippen molar-refractivity contribution in [1.82, 2.24) is 4.98 Å². The van der Waals surface area contributed by atoms with Crippen molar-refractivity contribution in [3.05, 3.63) is 17.3 Å². The molecule has 17 heavy (non-hydrogen) atoms. The number of oxazole rings is 1. The lowest BCUT2D eigenvalue weighted by Gasteiger charge is -2.17. The average molecular weight is 237 g/mol. The summed E-state index contributed by atoms with van der Waals surface area (Å²) in [6.07, 6.45) is 5.77. The van der Waals surface area contributed by atoms with Crippen LogP contribution in [0.5, 0.6) is 0 Å². The van der Waals surface area contributed by atoms with Crippen LogP contribution in [0.4, 0.5) is 0 Å². The van der Waals surface area contributed by atoms with Crippen molar-refractivity contribution in [2.45, 2.75) is 57.8 Å². The zero-order chi connectivity index (χ0) is 12.4. The van der Waals surface area contributed by atoms with Crippen LogP contribution in [0, 0.1) is 0 Å². The summed E-state index contributed by atoms with van der Waals surface area (Å²) >= 11 is 0. The SMILES string of the molecule is CC(C)c1nc(C2CCCCC2)oc1C(=O)O. The van der Waals surface area contributed by atoms with Gasteiger partial charge >= 0.3 is 5.97 Å². The van der Waals surface area contributed by atoms with E-state index in [-0.39, 0.29) is 11.7 Å². The van der Waals surface area contributed by atoms with E-state index >= 15 is 0 Å². The van der Waals surface area contributed by atoms with Gasteiger partial charge in [0.2, 0.25) is 5.76 Å². The molecular formula is C13H19NO3. The zero-order valence-corrected chi connectivity index (χ0v) is 10.4. The van der Waals surface area contributed by atoms with Crippen LogP contribution in [0.25, 0.3) is 0 Å². The number of aromatic carboxylic acids is 1. The normalized spacial score (nSPS) is 17.6. The molecule has 0 amide bonds. The van der Waals surface area contributed by atoms with E-state index in [9.17, 15) is 4.79 Å². The Hall–Kier alpha value is -1.32. The van der Waals surface area contributed by atoms with Gasteiger partial charge in [-0.3, -0.25) is 0 Å². The smallest absolute Gasteiger partial charge is 0.373 e. The largest absolute Gasteiger partial charge is 0.475 e. The van der Waals surface area contributed by atoms with E-state index in [0.717, 1.165) is 12.8 Å². The second-order valence-electron chi connectivity index (χ2n) is 5.06. The Morgan fingerprint density at radius 1 is 1.35 bits per heavy atom. The number of carbonyl (C=O) groups is 1. The van der Waals surface area contributed by atoms with Gasteiger partial charge in [-0.1, -0.05) is 33.1 Å². The van der Waals surface area contributed by atoms with Crippen LogP contribution in [-0.4, -0.2) is 16.1 Å². The van der Waals surface area contributed by atoms with Crippen LogP contribution < -0.4 is 0 Å². The standard InChI is InChI=1S/C13H19NO3/c1-8(2)10-11(13(15)16)17-12(14-10)9-6-4-3-5-7-9/h8-9H,3-7H2,1-2H3,(H,15,16). The number of hydrogen-bond acceptors (Lipinski definition) is 3. The van der Waals surface area contributed by atoms with Gasteiger partial charge in [0.05, 0.1) is 5.69 Å². The summed E-state index contributed by atoms with van der Waals surface area (Å²) < 4.78 is 5.47. The van der Waals surface area contributed by atoms with Gasteiger partial charge in [0.1, 0.15) is 0 Å². The number of hydrogen-bond donors (Lipinski definition) is 1. The van der Waals surface area contributed by atoms with E-state index in [4.69, 9.17) is 9.52 Å². The minimum atomic E-state index is -1.01. The zero-order valence-electron chi connectivity index (χ0n) is 10.4. The highest BCUT2D eigenvalue weighted by molar-refractivity contribution is 5.85. The molecule has 0 atom stereocenters. The molecule has 4 heteroatoms. The Labute approximate surface area is 101 Å². The van der Waals surface area contributed by atoms with Crippen molar-refractivity contribution < 1.29 is 14.3 Å². The molecule has 1 N–H and O–H groups in total. The van der Waals surface area contributed by atoms with Gasteiger partial charge in [-0.05, 0) is 18.8 Å². The Balaban J connectivity index is 2.29. The van der Waals surface area contributed by atoms with Crippen molar-refractivity contribution in [3.63, 3.8) is 0 Å². The molecule has 1 aliphatic rings. The topological polar surface area (TPSA) is 63.3 Å². The molecule has 1 saturated carbocycles. The van der Waals surface area contributed by atoms with Crippen LogP contribution >= 0.6 is 0 Å².